The number of rotatable bonds is 9. The van der Waals surface area contributed by atoms with Gasteiger partial charge in [0.2, 0.25) is 0 Å². The van der Waals surface area contributed by atoms with E-state index in [1.165, 1.54) is 29.7 Å². The molecule has 4 rings (SSSR count). The summed E-state index contributed by atoms with van der Waals surface area (Å²) in [5.74, 6) is 2.24. The standard InChI is InChI=1S/C26H37N3O5/c1-26(2,3)34-24(20-6-4-7-20)28-16-14-27(15-17-28)18-19-32-25(21-8-5-9-21)33-23-12-10-22(11-13-23)29(30)31/h10-13H,4-9,14-19H2,1-3H3. The molecule has 1 aliphatic heterocycles. The molecule has 3 aliphatic rings. The Morgan fingerprint density at radius 3 is 2.09 bits per heavy atom. The molecule has 0 amide bonds. The second-order valence-electron chi connectivity index (χ2n) is 10.3. The molecule has 0 radical (unpaired) electrons. The number of hydrogen-bond acceptors (Lipinski definition) is 7. The summed E-state index contributed by atoms with van der Waals surface area (Å²) in [6, 6.07) is 6.14. The Morgan fingerprint density at radius 2 is 1.59 bits per heavy atom. The maximum absolute atomic E-state index is 10.9. The fourth-order valence-electron chi connectivity index (χ4n) is 4.16. The molecule has 3 fully saturated rings. The van der Waals surface area contributed by atoms with Crippen LogP contribution >= 0.6 is 0 Å². The van der Waals surface area contributed by atoms with Crippen LogP contribution in [0.15, 0.2) is 47.2 Å². The highest BCUT2D eigenvalue weighted by Gasteiger charge is 2.28. The second-order valence-corrected chi connectivity index (χ2v) is 10.3. The van der Waals surface area contributed by atoms with Gasteiger partial charge in [-0.1, -0.05) is 0 Å². The highest BCUT2D eigenvalue weighted by atomic mass is 16.7. The zero-order chi connectivity index (χ0) is 24.1. The van der Waals surface area contributed by atoms with E-state index >= 15 is 0 Å². The van der Waals surface area contributed by atoms with Crippen molar-refractivity contribution < 1.29 is 19.1 Å². The van der Waals surface area contributed by atoms with Gasteiger partial charge in [-0.15, -0.1) is 0 Å². The van der Waals surface area contributed by atoms with Gasteiger partial charge in [-0.2, -0.15) is 0 Å². The molecular formula is C26H37N3O5. The first-order valence-electron chi connectivity index (χ1n) is 12.4. The lowest BCUT2D eigenvalue weighted by atomic mass is 9.92. The largest absolute Gasteiger partial charge is 0.473 e. The van der Waals surface area contributed by atoms with E-state index in [4.69, 9.17) is 14.2 Å². The summed E-state index contributed by atoms with van der Waals surface area (Å²) in [7, 11) is 0. The van der Waals surface area contributed by atoms with Crippen LogP contribution in [0.5, 0.6) is 5.75 Å². The minimum atomic E-state index is -0.411. The number of non-ortho nitro benzene ring substituents is 1. The first-order chi connectivity index (χ1) is 16.3. The molecule has 1 saturated heterocycles. The third-order valence-electron chi connectivity index (χ3n) is 6.47. The summed E-state index contributed by atoms with van der Waals surface area (Å²) < 4.78 is 18.4. The number of nitro benzene ring substituents is 1. The highest BCUT2D eigenvalue weighted by molar-refractivity contribution is 5.36. The van der Waals surface area contributed by atoms with Crippen LogP contribution in [-0.2, 0) is 9.47 Å². The van der Waals surface area contributed by atoms with Gasteiger partial charge >= 0.3 is 0 Å². The van der Waals surface area contributed by atoms with Crippen LogP contribution in [0.25, 0.3) is 0 Å². The number of ether oxygens (including phenoxy) is 3. The normalized spacial score (nSPS) is 18.6. The van der Waals surface area contributed by atoms with Gasteiger partial charge in [0.1, 0.15) is 18.0 Å². The number of nitro groups is 1. The third kappa shape index (κ3) is 6.44. The van der Waals surface area contributed by atoms with Gasteiger partial charge in [0.05, 0.1) is 4.92 Å². The van der Waals surface area contributed by atoms with E-state index in [2.05, 4.69) is 30.6 Å². The Morgan fingerprint density at radius 1 is 0.971 bits per heavy atom. The van der Waals surface area contributed by atoms with Gasteiger partial charge in [-0.25, -0.2) is 0 Å². The van der Waals surface area contributed by atoms with Crippen molar-refractivity contribution >= 4 is 5.69 Å². The average Bonchev–Trinajstić information content (AvgIpc) is 2.70. The molecule has 186 valence electrons. The average molecular weight is 472 g/mol. The van der Waals surface area contributed by atoms with Gasteiger partial charge in [0.25, 0.3) is 11.6 Å². The van der Waals surface area contributed by atoms with Crippen molar-refractivity contribution in [2.24, 2.45) is 0 Å². The van der Waals surface area contributed by atoms with Crippen molar-refractivity contribution in [2.75, 3.05) is 39.3 Å². The Labute approximate surface area is 202 Å². The number of nitrogens with zero attached hydrogens (tertiary/aromatic N) is 3. The van der Waals surface area contributed by atoms with Crippen molar-refractivity contribution in [1.29, 1.82) is 0 Å². The van der Waals surface area contributed by atoms with Crippen molar-refractivity contribution in [3.05, 3.63) is 57.4 Å². The maximum atomic E-state index is 10.9. The fraction of sp³-hybridized carbons (Fsp3) is 0.615. The van der Waals surface area contributed by atoms with E-state index in [1.54, 1.807) is 12.1 Å². The molecule has 1 aromatic carbocycles. The van der Waals surface area contributed by atoms with Gasteiger partial charge in [-0.05, 0) is 77.0 Å². The fourth-order valence-corrected chi connectivity index (χ4v) is 4.16. The third-order valence-corrected chi connectivity index (χ3v) is 6.47. The zero-order valence-corrected chi connectivity index (χ0v) is 20.7. The molecule has 2 saturated carbocycles. The quantitative estimate of drug-likeness (QED) is 0.278. The number of hydrogen-bond donors (Lipinski definition) is 0. The first kappa shape index (κ1) is 24.4. The molecule has 8 heteroatoms. The predicted molar refractivity (Wildman–Crippen MR) is 130 cm³/mol. The minimum absolute atomic E-state index is 0.0502. The van der Waals surface area contributed by atoms with E-state index < -0.39 is 4.92 Å². The molecule has 34 heavy (non-hydrogen) atoms. The smallest absolute Gasteiger partial charge is 0.283 e. The van der Waals surface area contributed by atoms with Crippen LogP contribution in [0.1, 0.15) is 59.3 Å². The monoisotopic (exact) mass is 471 g/mol. The van der Waals surface area contributed by atoms with Crippen LogP contribution in [0.2, 0.25) is 0 Å². The topological polar surface area (TPSA) is 77.3 Å². The van der Waals surface area contributed by atoms with E-state index in [1.807, 2.05) is 0 Å². The zero-order valence-electron chi connectivity index (χ0n) is 20.7. The van der Waals surface area contributed by atoms with Crippen LogP contribution in [0.3, 0.4) is 0 Å². The molecule has 2 aliphatic carbocycles. The Kier molecular flexibility index (Phi) is 7.66. The van der Waals surface area contributed by atoms with Crippen LogP contribution in [-0.4, -0.2) is 59.7 Å². The summed E-state index contributed by atoms with van der Waals surface area (Å²) in [6.45, 7) is 11.6. The predicted octanol–water partition coefficient (Wildman–Crippen LogP) is 5.21. The molecule has 0 N–H and O–H groups in total. The van der Waals surface area contributed by atoms with Crippen molar-refractivity contribution in [2.45, 2.75) is 64.9 Å². The summed E-state index contributed by atoms with van der Waals surface area (Å²) in [6.07, 6.45) is 6.68. The Bertz CT molecular complexity index is 913. The van der Waals surface area contributed by atoms with E-state index in [-0.39, 0.29) is 11.3 Å². The minimum Gasteiger partial charge on any atom is -0.473 e. The molecule has 1 heterocycles. The van der Waals surface area contributed by atoms with Crippen LogP contribution in [0, 0.1) is 10.1 Å². The summed E-state index contributed by atoms with van der Waals surface area (Å²) in [5.41, 5.74) is 2.51. The van der Waals surface area contributed by atoms with Gasteiger partial charge < -0.3 is 19.1 Å². The molecule has 1 aromatic rings. The summed E-state index contributed by atoms with van der Waals surface area (Å²) >= 11 is 0. The SMILES string of the molecule is CC(C)(C)OC(=C1CCC1)N1CCN(CCOC(Oc2ccc([N+](=O)[O-])cc2)=C2CCC2)CC1. The van der Waals surface area contributed by atoms with Crippen LogP contribution < -0.4 is 4.74 Å². The number of allylic oxidation sites excluding steroid dienone is 2. The van der Waals surface area contributed by atoms with Gasteiger partial charge in [0.15, 0.2) is 5.88 Å². The lowest BCUT2D eigenvalue weighted by Gasteiger charge is -2.41. The molecule has 8 nitrogen and oxygen atoms in total. The van der Waals surface area contributed by atoms with Crippen LogP contribution in [0.4, 0.5) is 5.69 Å². The second kappa shape index (κ2) is 10.7. The number of piperazine rings is 1. The van der Waals surface area contributed by atoms with E-state index in [0.29, 0.717) is 18.3 Å². The molecule has 0 unspecified atom stereocenters. The number of benzene rings is 1. The van der Waals surface area contributed by atoms with Crippen molar-refractivity contribution in [3.63, 3.8) is 0 Å². The molecule has 0 atom stereocenters. The highest BCUT2D eigenvalue weighted by Crippen LogP contribution is 2.34. The van der Waals surface area contributed by atoms with Gasteiger partial charge in [0, 0.05) is 50.4 Å². The van der Waals surface area contributed by atoms with E-state index in [9.17, 15) is 10.1 Å². The van der Waals surface area contributed by atoms with E-state index in [0.717, 1.165) is 70.7 Å². The van der Waals surface area contributed by atoms with Crippen molar-refractivity contribution in [3.8, 4) is 5.75 Å². The van der Waals surface area contributed by atoms with Gasteiger partial charge in [-0.3, -0.25) is 15.0 Å². The summed E-state index contributed by atoms with van der Waals surface area (Å²) in [5, 5.41) is 10.9. The summed E-state index contributed by atoms with van der Waals surface area (Å²) in [4.78, 5) is 15.3. The van der Waals surface area contributed by atoms with Crippen molar-refractivity contribution in [1.82, 2.24) is 9.80 Å². The lowest BCUT2D eigenvalue weighted by molar-refractivity contribution is -0.384. The Hall–Kier alpha value is -2.74. The molecular weight excluding hydrogens is 434 g/mol. The first-order valence-corrected chi connectivity index (χ1v) is 12.4. The molecule has 0 spiro atoms. The maximum Gasteiger partial charge on any atom is 0.283 e. The lowest BCUT2D eigenvalue weighted by Crippen LogP contribution is -2.48. The molecule has 0 aromatic heterocycles. The Balaban J connectivity index is 1.26. The molecule has 0 bridgehead atoms.